The number of piperazine rings is 2. The van der Waals surface area contributed by atoms with Crippen molar-refractivity contribution in [3.05, 3.63) is 101 Å². The number of benzene rings is 3. The normalized spacial score (nSPS) is 16.2. The number of carbonyl (C=O) groups excluding carboxylic acids is 2. The second-order valence-electron chi connectivity index (χ2n) is 13.2. The van der Waals surface area contributed by atoms with Crippen LogP contribution in [0.15, 0.2) is 73.1 Å². The van der Waals surface area contributed by atoms with Gasteiger partial charge in [-0.3, -0.25) is 14.5 Å². The Balaban J connectivity index is 1.09. The Morgan fingerprint density at radius 1 is 0.725 bits per heavy atom. The molecule has 0 radical (unpaired) electrons. The summed E-state index contributed by atoms with van der Waals surface area (Å²) in [6.45, 7) is 9.21. The van der Waals surface area contributed by atoms with E-state index in [0.29, 0.717) is 29.3 Å². The monoisotopic (exact) mass is 701 g/mol. The highest BCUT2D eigenvalue weighted by Gasteiger charge is 2.32. The second-order valence-corrected chi connectivity index (χ2v) is 13.2. The number of nitrogens with one attached hydrogen (secondary N) is 3. The molecule has 2 aliphatic heterocycles. The number of carbonyl (C=O) groups is 2. The molecule has 0 aliphatic carbocycles. The molecule has 0 atom stereocenters. The minimum absolute atomic E-state index is 0.0300. The quantitative estimate of drug-likeness (QED) is 0.207. The van der Waals surface area contributed by atoms with Crippen molar-refractivity contribution >= 4 is 40.5 Å². The van der Waals surface area contributed by atoms with Crippen LogP contribution in [0.4, 0.5) is 41.9 Å². The number of hydrogen-bond acceptors (Lipinski definition) is 9. The van der Waals surface area contributed by atoms with E-state index in [-0.39, 0.29) is 16.8 Å². The van der Waals surface area contributed by atoms with E-state index in [0.717, 1.165) is 75.9 Å². The lowest BCUT2D eigenvalue weighted by Crippen LogP contribution is -2.44. The summed E-state index contributed by atoms with van der Waals surface area (Å²) in [6.07, 6.45) is -1.63. The zero-order chi connectivity index (χ0) is 36.1. The van der Waals surface area contributed by atoms with Gasteiger partial charge in [0.15, 0.2) is 0 Å². The first kappa shape index (κ1) is 35.8. The summed E-state index contributed by atoms with van der Waals surface area (Å²) in [5.41, 5.74) is 2.94. The lowest BCUT2D eigenvalue weighted by molar-refractivity contribution is -0.137. The third kappa shape index (κ3) is 9.39. The van der Waals surface area contributed by atoms with Gasteiger partial charge in [0.25, 0.3) is 11.8 Å². The molecule has 4 aromatic rings. The summed E-state index contributed by atoms with van der Waals surface area (Å²) in [6, 6.07) is 16.2. The second kappa shape index (κ2) is 15.5. The van der Waals surface area contributed by atoms with Gasteiger partial charge < -0.3 is 30.7 Å². The van der Waals surface area contributed by atoms with Crippen molar-refractivity contribution < 1.29 is 22.8 Å². The highest BCUT2D eigenvalue weighted by atomic mass is 19.4. The van der Waals surface area contributed by atoms with Gasteiger partial charge in [0, 0.05) is 87.1 Å². The van der Waals surface area contributed by atoms with Gasteiger partial charge in [0.05, 0.1) is 23.6 Å². The summed E-state index contributed by atoms with van der Waals surface area (Å²) in [5.74, 6) is -0.764. The number of aryl methyl sites for hydroxylation is 1. The smallest absolute Gasteiger partial charge is 0.369 e. The van der Waals surface area contributed by atoms with Gasteiger partial charge in [-0.05, 0) is 86.7 Å². The standard InChI is InChI=1S/C37H42F3N9O2/c1-25-4-5-27(34(50)43-30-19-26(18-28(21-30)37(38,39)40)24-48-14-10-46(2)11-15-48)20-33(25)35(51)44-31-22-41-36(42-23-31)45-29-6-8-32(9-7-29)49-16-12-47(3)13-17-49/h4-9,18-23H,10-17,24H2,1-3H3,(H,43,50)(H,44,51)(H,41,42,45). The van der Waals surface area contributed by atoms with Crippen LogP contribution in [-0.4, -0.2) is 103 Å². The largest absolute Gasteiger partial charge is 0.416 e. The first-order chi connectivity index (χ1) is 24.4. The summed E-state index contributed by atoms with van der Waals surface area (Å²) in [5, 5.41) is 8.54. The predicted octanol–water partition coefficient (Wildman–Crippen LogP) is 5.55. The van der Waals surface area contributed by atoms with Gasteiger partial charge in [-0.25, -0.2) is 9.97 Å². The third-order valence-corrected chi connectivity index (χ3v) is 9.23. The topological polar surface area (TPSA) is 109 Å². The minimum atomic E-state index is -4.58. The molecule has 268 valence electrons. The fraction of sp³-hybridized carbons (Fsp3) is 0.351. The number of amides is 2. The van der Waals surface area contributed by atoms with Gasteiger partial charge in [0.1, 0.15) is 0 Å². The van der Waals surface area contributed by atoms with Gasteiger partial charge >= 0.3 is 6.18 Å². The molecule has 2 aliphatic rings. The van der Waals surface area contributed by atoms with Gasteiger partial charge in [-0.15, -0.1) is 0 Å². The minimum Gasteiger partial charge on any atom is -0.369 e. The highest BCUT2D eigenvalue weighted by molar-refractivity contribution is 6.09. The fourth-order valence-electron chi connectivity index (χ4n) is 6.10. The van der Waals surface area contributed by atoms with Crippen molar-refractivity contribution in [2.45, 2.75) is 19.6 Å². The van der Waals surface area contributed by atoms with Crippen LogP contribution in [0.25, 0.3) is 0 Å². The van der Waals surface area contributed by atoms with Crippen LogP contribution < -0.4 is 20.9 Å². The van der Waals surface area contributed by atoms with E-state index in [1.54, 1.807) is 19.1 Å². The summed E-state index contributed by atoms with van der Waals surface area (Å²) in [7, 11) is 4.13. The lowest BCUT2D eigenvalue weighted by Gasteiger charge is -2.34. The molecule has 2 saturated heterocycles. The van der Waals surface area contributed by atoms with Crippen molar-refractivity contribution in [1.82, 2.24) is 24.7 Å². The molecular weight excluding hydrogens is 659 g/mol. The fourth-order valence-corrected chi connectivity index (χ4v) is 6.10. The van der Waals surface area contributed by atoms with Crippen molar-refractivity contribution in [3.63, 3.8) is 0 Å². The zero-order valence-electron chi connectivity index (χ0n) is 28.9. The first-order valence-electron chi connectivity index (χ1n) is 16.9. The Bertz CT molecular complexity index is 1840. The Morgan fingerprint density at radius 2 is 1.35 bits per heavy atom. The molecule has 3 heterocycles. The molecule has 0 saturated carbocycles. The average Bonchev–Trinajstić information content (AvgIpc) is 3.10. The number of hydrogen-bond donors (Lipinski definition) is 3. The van der Waals surface area contributed by atoms with E-state index < -0.39 is 23.6 Å². The Morgan fingerprint density at radius 3 is 2.00 bits per heavy atom. The number of nitrogens with zero attached hydrogens (tertiary/aromatic N) is 6. The third-order valence-electron chi connectivity index (χ3n) is 9.23. The molecule has 0 unspecified atom stereocenters. The molecule has 0 bridgehead atoms. The maximum absolute atomic E-state index is 13.8. The molecule has 11 nitrogen and oxygen atoms in total. The Kier molecular flexibility index (Phi) is 10.8. The van der Waals surface area contributed by atoms with Crippen LogP contribution in [0.1, 0.15) is 37.4 Å². The first-order valence-corrected chi connectivity index (χ1v) is 16.9. The Labute approximate surface area is 295 Å². The predicted molar refractivity (Wildman–Crippen MR) is 193 cm³/mol. The van der Waals surface area contributed by atoms with Gasteiger partial charge in [0.2, 0.25) is 5.95 Å². The molecular formula is C37H42F3N9O2. The maximum atomic E-state index is 13.8. The lowest BCUT2D eigenvalue weighted by atomic mass is 10.0. The number of anilines is 5. The van der Waals surface area contributed by atoms with E-state index in [4.69, 9.17) is 0 Å². The number of alkyl halides is 3. The molecule has 2 fully saturated rings. The molecule has 6 rings (SSSR count). The summed E-state index contributed by atoms with van der Waals surface area (Å²) in [4.78, 5) is 44.1. The van der Waals surface area contributed by atoms with Crippen LogP contribution in [0, 0.1) is 6.92 Å². The zero-order valence-corrected chi connectivity index (χ0v) is 28.9. The summed E-state index contributed by atoms with van der Waals surface area (Å²) >= 11 is 0. The van der Waals surface area contributed by atoms with E-state index in [9.17, 15) is 22.8 Å². The van der Waals surface area contributed by atoms with Gasteiger partial charge in [-0.2, -0.15) is 13.2 Å². The van der Waals surface area contributed by atoms with Crippen LogP contribution in [0.3, 0.4) is 0 Å². The van der Waals surface area contributed by atoms with E-state index >= 15 is 0 Å². The SMILES string of the molecule is Cc1ccc(C(=O)Nc2cc(CN3CCN(C)CC3)cc(C(F)(F)F)c2)cc1C(=O)Nc1cnc(Nc2ccc(N3CCN(C)CC3)cc2)nc1. The summed E-state index contributed by atoms with van der Waals surface area (Å²) < 4.78 is 41.4. The van der Waals surface area contributed by atoms with Crippen molar-refractivity contribution in [3.8, 4) is 0 Å². The number of halogens is 3. The van der Waals surface area contributed by atoms with Gasteiger partial charge in [-0.1, -0.05) is 6.07 Å². The molecule has 2 amide bonds. The van der Waals surface area contributed by atoms with E-state index in [2.05, 4.69) is 64.7 Å². The molecule has 51 heavy (non-hydrogen) atoms. The Hall–Kier alpha value is -5.05. The number of aromatic nitrogens is 2. The average molecular weight is 702 g/mol. The van der Waals surface area contributed by atoms with Crippen LogP contribution in [-0.2, 0) is 12.7 Å². The number of rotatable bonds is 9. The van der Waals surface area contributed by atoms with Crippen molar-refractivity contribution in [1.29, 1.82) is 0 Å². The molecule has 14 heteroatoms. The van der Waals surface area contributed by atoms with Crippen LogP contribution in [0.2, 0.25) is 0 Å². The van der Waals surface area contributed by atoms with Crippen LogP contribution in [0.5, 0.6) is 0 Å². The van der Waals surface area contributed by atoms with Crippen molar-refractivity contribution in [2.75, 3.05) is 87.3 Å². The highest BCUT2D eigenvalue weighted by Crippen LogP contribution is 2.33. The molecule has 1 aromatic heterocycles. The van der Waals surface area contributed by atoms with E-state index in [1.165, 1.54) is 24.5 Å². The maximum Gasteiger partial charge on any atom is 0.416 e. The molecule has 0 spiro atoms. The van der Waals surface area contributed by atoms with E-state index in [1.807, 2.05) is 19.2 Å². The molecule has 3 N–H and O–H groups in total. The number of likely N-dealkylation sites (N-methyl/N-ethyl adjacent to an activating group) is 2. The van der Waals surface area contributed by atoms with Crippen LogP contribution >= 0.6 is 0 Å². The van der Waals surface area contributed by atoms with Crippen molar-refractivity contribution in [2.24, 2.45) is 0 Å². The molecule has 3 aromatic carbocycles.